The fourth-order valence-electron chi connectivity index (χ4n) is 1.51. The monoisotopic (exact) mass is 240 g/mol. The van der Waals surface area contributed by atoms with Crippen molar-refractivity contribution in [2.75, 3.05) is 12.4 Å². The van der Waals surface area contributed by atoms with Crippen molar-refractivity contribution in [3.05, 3.63) is 29.8 Å². The molecular weight excluding hydrogens is 224 g/mol. The molecule has 0 saturated carbocycles. The molecule has 0 aliphatic carbocycles. The Kier molecular flexibility index (Phi) is 5.29. The molecule has 2 N–H and O–H groups in total. The molecule has 0 bridgehead atoms. The van der Waals surface area contributed by atoms with Gasteiger partial charge in [0.1, 0.15) is 6.29 Å². The molecule has 0 spiro atoms. The third-order valence-corrected chi connectivity index (χ3v) is 2.65. The molecule has 0 heterocycles. The number of carbonyl (C=O) groups is 1. The van der Waals surface area contributed by atoms with Crippen molar-refractivity contribution in [1.82, 2.24) is 5.32 Å². The molecule has 0 amide bonds. The SMILES string of the molecule is CNC(Nc1ccccc1CC=O)[C@H](C)Cl. The van der Waals surface area contributed by atoms with Gasteiger partial charge >= 0.3 is 0 Å². The lowest BCUT2D eigenvalue weighted by molar-refractivity contribution is -0.107. The molecule has 0 aliphatic rings. The quantitative estimate of drug-likeness (QED) is 0.454. The first kappa shape index (κ1) is 13.0. The highest BCUT2D eigenvalue weighted by atomic mass is 35.5. The molecule has 4 heteroatoms. The number of hydrogen-bond acceptors (Lipinski definition) is 3. The molecular formula is C12H17ClN2O. The van der Waals surface area contributed by atoms with E-state index in [0.717, 1.165) is 17.5 Å². The molecule has 0 fully saturated rings. The predicted octanol–water partition coefficient (Wildman–Crippen LogP) is 2.01. The topological polar surface area (TPSA) is 41.1 Å². The van der Waals surface area contributed by atoms with Gasteiger partial charge in [0.2, 0.25) is 0 Å². The van der Waals surface area contributed by atoms with E-state index < -0.39 is 0 Å². The number of rotatable bonds is 6. The lowest BCUT2D eigenvalue weighted by Crippen LogP contribution is -2.40. The number of aldehydes is 1. The van der Waals surface area contributed by atoms with Gasteiger partial charge in [0.25, 0.3) is 0 Å². The minimum Gasteiger partial charge on any atom is -0.368 e. The van der Waals surface area contributed by atoms with Crippen molar-refractivity contribution in [3.8, 4) is 0 Å². The normalized spacial score (nSPS) is 14.2. The summed E-state index contributed by atoms with van der Waals surface area (Å²) in [5.41, 5.74) is 1.93. The van der Waals surface area contributed by atoms with Gasteiger partial charge in [0.15, 0.2) is 0 Å². The lowest BCUT2D eigenvalue weighted by atomic mass is 10.1. The second-order valence-corrected chi connectivity index (χ2v) is 4.30. The van der Waals surface area contributed by atoms with Crippen LogP contribution in [0.1, 0.15) is 12.5 Å². The van der Waals surface area contributed by atoms with Gasteiger partial charge in [-0.05, 0) is 25.6 Å². The Hall–Kier alpha value is -1.06. The number of carbonyl (C=O) groups excluding carboxylic acids is 1. The van der Waals surface area contributed by atoms with Gasteiger partial charge in [0, 0.05) is 12.1 Å². The molecule has 0 aromatic heterocycles. The second kappa shape index (κ2) is 6.51. The Bertz CT molecular complexity index is 342. The van der Waals surface area contributed by atoms with Gasteiger partial charge in [-0.2, -0.15) is 0 Å². The maximum absolute atomic E-state index is 10.5. The third-order valence-electron chi connectivity index (χ3n) is 2.40. The van der Waals surface area contributed by atoms with Crippen molar-refractivity contribution in [2.24, 2.45) is 0 Å². The van der Waals surface area contributed by atoms with Gasteiger partial charge in [-0.3, -0.25) is 5.32 Å². The van der Waals surface area contributed by atoms with E-state index in [1.165, 1.54) is 0 Å². The molecule has 3 nitrogen and oxygen atoms in total. The molecule has 1 unspecified atom stereocenters. The van der Waals surface area contributed by atoms with Crippen LogP contribution in [0.25, 0.3) is 0 Å². The molecule has 0 aliphatic heterocycles. The zero-order chi connectivity index (χ0) is 12.0. The number of hydrogen-bond donors (Lipinski definition) is 2. The minimum absolute atomic E-state index is 0.0190. The van der Waals surface area contributed by atoms with E-state index in [2.05, 4.69) is 10.6 Å². The maximum Gasteiger partial charge on any atom is 0.124 e. The van der Waals surface area contributed by atoms with E-state index in [0.29, 0.717) is 6.42 Å². The van der Waals surface area contributed by atoms with E-state index >= 15 is 0 Å². The van der Waals surface area contributed by atoms with Gasteiger partial charge in [0.05, 0.1) is 11.5 Å². The largest absolute Gasteiger partial charge is 0.368 e. The number of halogens is 1. The van der Waals surface area contributed by atoms with Crippen LogP contribution in [0.2, 0.25) is 0 Å². The van der Waals surface area contributed by atoms with E-state index in [1.807, 2.05) is 38.2 Å². The molecule has 16 heavy (non-hydrogen) atoms. The highest BCUT2D eigenvalue weighted by Gasteiger charge is 2.13. The average molecular weight is 241 g/mol. The first-order valence-electron chi connectivity index (χ1n) is 5.28. The fourth-order valence-corrected chi connectivity index (χ4v) is 1.70. The van der Waals surface area contributed by atoms with Crippen LogP contribution < -0.4 is 10.6 Å². The molecule has 1 aromatic rings. The minimum atomic E-state index is -0.0470. The molecule has 2 atom stereocenters. The van der Waals surface area contributed by atoms with Crippen LogP contribution in [0.5, 0.6) is 0 Å². The van der Waals surface area contributed by atoms with Crippen LogP contribution in [0, 0.1) is 0 Å². The summed E-state index contributed by atoms with van der Waals surface area (Å²) in [6.45, 7) is 1.91. The van der Waals surface area contributed by atoms with Crippen molar-refractivity contribution in [3.63, 3.8) is 0 Å². The summed E-state index contributed by atoms with van der Waals surface area (Å²) < 4.78 is 0. The Morgan fingerprint density at radius 1 is 1.44 bits per heavy atom. The first-order chi connectivity index (χ1) is 7.69. The summed E-state index contributed by atoms with van der Waals surface area (Å²) >= 11 is 6.03. The summed E-state index contributed by atoms with van der Waals surface area (Å²) in [4.78, 5) is 10.5. The number of para-hydroxylation sites is 1. The molecule has 88 valence electrons. The van der Waals surface area contributed by atoms with Crippen LogP contribution in [0.3, 0.4) is 0 Å². The van der Waals surface area contributed by atoms with Crippen molar-refractivity contribution in [1.29, 1.82) is 0 Å². The standard InChI is InChI=1S/C12H17ClN2O/c1-9(13)12(14-2)15-11-6-4-3-5-10(11)7-8-16/h3-6,8-9,12,14-15H,7H2,1-2H3/t9-,12?/m0/s1. The van der Waals surface area contributed by atoms with Crippen LogP contribution in [-0.2, 0) is 11.2 Å². The molecule has 0 saturated heterocycles. The average Bonchev–Trinajstić information content (AvgIpc) is 2.27. The van der Waals surface area contributed by atoms with Crippen molar-refractivity contribution >= 4 is 23.6 Å². The Balaban J connectivity index is 2.82. The number of nitrogens with one attached hydrogen (secondary N) is 2. The Morgan fingerprint density at radius 2 is 2.12 bits per heavy atom. The smallest absolute Gasteiger partial charge is 0.124 e. The van der Waals surface area contributed by atoms with Crippen LogP contribution >= 0.6 is 11.6 Å². The van der Waals surface area contributed by atoms with Gasteiger partial charge in [-0.25, -0.2) is 0 Å². The number of benzene rings is 1. The number of alkyl halides is 1. The maximum atomic E-state index is 10.5. The fraction of sp³-hybridized carbons (Fsp3) is 0.417. The zero-order valence-corrected chi connectivity index (χ0v) is 10.3. The second-order valence-electron chi connectivity index (χ2n) is 3.62. The van der Waals surface area contributed by atoms with Gasteiger partial charge in [-0.1, -0.05) is 18.2 Å². The van der Waals surface area contributed by atoms with E-state index in [4.69, 9.17) is 11.6 Å². The number of anilines is 1. The highest BCUT2D eigenvalue weighted by Crippen LogP contribution is 2.17. The Labute approximate surface area is 101 Å². The summed E-state index contributed by atoms with van der Waals surface area (Å²) in [6.07, 6.45) is 1.30. The summed E-state index contributed by atoms with van der Waals surface area (Å²) in [5, 5.41) is 6.32. The van der Waals surface area contributed by atoms with E-state index in [1.54, 1.807) is 0 Å². The zero-order valence-electron chi connectivity index (χ0n) is 9.53. The molecule has 1 rings (SSSR count). The summed E-state index contributed by atoms with van der Waals surface area (Å²) in [7, 11) is 1.85. The van der Waals surface area contributed by atoms with Crippen molar-refractivity contribution in [2.45, 2.75) is 24.9 Å². The van der Waals surface area contributed by atoms with Gasteiger partial charge in [-0.15, -0.1) is 11.6 Å². The van der Waals surface area contributed by atoms with Crippen molar-refractivity contribution < 1.29 is 4.79 Å². The van der Waals surface area contributed by atoms with E-state index in [-0.39, 0.29) is 11.5 Å². The highest BCUT2D eigenvalue weighted by molar-refractivity contribution is 6.21. The van der Waals surface area contributed by atoms with E-state index in [9.17, 15) is 4.79 Å². The van der Waals surface area contributed by atoms with Gasteiger partial charge < -0.3 is 10.1 Å². The summed E-state index contributed by atoms with van der Waals surface area (Å²) in [6, 6.07) is 7.73. The Morgan fingerprint density at radius 3 is 2.69 bits per heavy atom. The third kappa shape index (κ3) is 3.51. The van der Waals surface area contributed by atoms with Crippen LogP contribution in [0.4, 0.5) is 5.69 Å². The first-order valence-corrected chi connectivity index (χ1v) is 5.72. The predicted molar refractivity (Wildman–Crippen MR) is 68.0 cm³/mol. The molecule has 1 aromatic carbocycles. The van der Waals surface area contributed by atoms with Crippen LogP contribution in [-0.4, -0.2) is 24.9 Å². The van der Waals surface area contributed by atoms with Crippen LogP contribution in [0.15, 0.2) is 24.3 Å². The lowest BCUT2D eigenvalue weighted by Gasteiger charge is -2.22. The molecule has 0 radical (unpaired) electrons. The summed E-state index contributed by atoms with van der Waals surface area (Å²) in [5.74, 6) is 0.